The SMILES string of the molecule is N[C@@H](CS)C(=O)N1CCC[C@H]1C(=O)N[C@@H](CS)C(=O)N[C@@H](Cc1cnc[nH]1)C(=O)NCC(=O)N[C@@H](CO)C(=O)O. The topological polar surface area (TPSA) is 249 Å². The second-order valence-electron chi connectivity index (χ2n) is 8.92. The van der Waals surface area contributed by atoms with Crippen molar-refractivity contribution in [3.8, 4) is 0 Å². The molecule has 0 aliphatic carbocycles. The van der Waals surface area contributed by atoms with Crippen molar-refractivity contribution >= 4 is 60.8 Å². The largest absolute Gasteiger partial charge is 0.480 e. The van der Waals surface area contributed by atoms with E-state index in [4.69, 9.17) is 15.9 Å². The van der Waals surface area contributed by atoms with Gasteiger partial charge in [0.1, 0.15) is 24.2 Å². The molecule has 1 fully saturated rings. The Balaban J connectivity index is 2.05. The molecule has 222 valence electrons. The average molecular weight is 603 g/mol. The summed E-state index contributed by atoms with van der Waals surface area (Å²) >= 11 is 8.18. The van der Waals surface area contributed by atoms with Crippen LogP contribution in [0.4, 0.5) is 0 Å². The number of aromatic amines is 1. The van der Waals surface area contributed by atoms with Crippen LogP contribution in [0.1, 0.15) is 18.5 Å². The monoisotopic (exact) mass is 602 g/mol. The van der Waals surface area contributed by atoms with Crippen molar-refractivity contribution in [2.24, 2.45) is 5.73 Å². The van der Waals surface area contributed by atoms with Gasteiger partial charge < -0.3 is 47.1 Å². The predicted molar refractivity (Wildman–Crippen MR) is 146 cm³/mol. The summed E-state index contributed by atoms with van der Waals surface area (Å²) < 4.78 is 0. The van der Waals surface area contributed by atoms with Crippen LogP contribution in [-0.2, 0) is 35.2 Å². The molecular formula is C22H34N8O8S2. The summed E-state index contributed by atoms with van der Waals surface area (Å²) in [6.45, 7) is -1.15. The molecule has 18 heteroatoms. The number of carboxylic acids is 1. The molecule has 0 radical (unpaired) electrons. The van der Waals surface area contributed by atoms with Crippen molar-refractivity contribution in [1.82, 2.24) is 36.1 Å². The molecule has 1 aromatic heterocycles. The number of hydrogen-bond acceptors (Lipinski definition) is 11. The number of aromatic nitrogens is 2. The van der Waals surface area contributed by atoms with E-state index in [9.17, 15) is 28.8 Å². The Bertz CT molecular complexity index is 1060. The molecule has 5 amide bonds. The van der Waals surface area contributed by atoms with E-state index in [1.54, 1.807) is 0 Å². The highest BCUT2D eigenvalue weighted by Gasteiger charge is 2.37. The summed E-state index contributed by atoms with van der Waals surface area (Å²) in [4.78, 5) is 82.5. The van der Waals surface area contributed by atoms with Gasteiger partial charge in [0.05, 0.1) is 25.5 Å². The molecule has 16 nitrogen and oxygen atoms in total. The molecule has 0 spiro atoms. The minimum absolute atomic E-state index is 0.0622. The molecule has 1 saturated heterocycles. The number of rotatable bonds is 15. The number of nitrogens with zero attached hydrogens (tertiary/aromatic N) is 2. The highest BCUT2D eigenvalue weighted by atomic mass is 32.1. The summed E-state index contributed by atoms with van der Waals surface area (Å²) in [5.41, 5.74) is 6.25. The lowest BCUT2D eigenvalue weighted by atomic mass is 10.1. The third-order valence-electron chi connectivity index (χ3n) is 6.02. The maximum Gasteiger partial charge on any atom is 0.328 e. The predicted octanol–water partition coefficient (Wildman–Crippen LogP) is -4.22. The molecule has 0 aromatic carbocycles. The number of amides is 5. The zero-order valence-electron chi connectivity index (χ0n) is 21.4. The van der Waals surface area contributed by atoms with Crippen molar-refractivity contribution in [1.29, 1.82) is 0 Å². The number of carbonyl (C=O) groups is 6. The highest BCUT2D eigenvalue weighted by molar-refractivity contribution is 7.80. The number of imidazole rings is 1. The van der Waals surface area contributed by atoms with E-state index in [2.05, 4.69) is 51.2 Å². The smallest absolute Gasteiger partial charge is 0.328 e. The van der Waals surface area contributed by atoms with Gasteiger partial charge in [-0.2, -0.15) is 25.3 Å². The van der Waals surface area contributed by atoms with Crippen LogP contribution in [0.15, 0.2) is 12.5 Å². The molecule has 1 aliphatic rings. The third-order valence-corrected chi connectivity index (χ3v) is 6.78. The summed E-state index contributed by atoms with van der Waals surface area (Å²) in [7, 11) is 0. The Morgan fingerprint density at radius 1 is 1.07 bits per heavy atom. The van der Waals surface area contributed by atoms with Crippen molar-refractivity contribution < 1.29 is 39.0 Å². The minimum Gasteiger partial charge on any atom is -0.480 e. The first-order valence-electron chi connectivity index (χ1n) is 12.3. The Morgan fingerprint density at radius 2 is 1.80 bits per heavy atom. The Labute approximate surface area is 240 Å². The van der Waals surface area contributed by atoms with Gasteiger partial charge in [0, 0.05) is 36.4 Å². The molecule has 2 heterocycles. The van der Waals surface area contributed by atoms with E-state index in [-0.39, 0.29) is 17.9 Å². The van der Waals surface area contributed by atoms with Crippen LogP contribution in [0.3, 0.4) is 0 Å². The zero-order chi connectivity index (χ0) is 29.8. The third kappa shape index (κ3) is 9.39. The lowest BCUT2D eigenvalue weighted by Crippen LogP contribution is -2.58. The number of carboxylic acid groups (broad SMARTS) is 1. The minimum atomic E-state index is -1.55. The maximum atomic E-state index is 13.1. The van der Waals surface area contributed by atoms with Crippen molar-refractivity contribution in [3.05, 3.63) is 18.2 Å². The normalized spacial score (nSPS) is 17.7. The van der Waals surface area contributed by atoms with E-state index < -0.39 is 78.9 Å². The first kappa shape index (κ1) is 32.9. The zero-order valence-corrected chi connectivity index (χ0v) is 23.2. The van der Waals surface area contributed by atoms with Crippen LogP contribution in [0.25, 0.3) is 0 Å². The first-order chi connectivity index (χ1) is 19.0. The fourth-order valence-electron chi connectivity index (χ4n) is 3.88. The average Bonchev–Trinajstić information content (AvgIpc) is 3.64. The van der Waals surface area contributed by atoms with Gasteiger partial charge in [-0.25, -0.2) is 9.78 Å². The lowest BCUT2D eigenvalue weighted by Gasteiger charge is -2.28. The van der Waals surface area contributed by atoms with Gasteiger partial charge in [0.25, 0.3) is 0 Å². The quantitative estimate of drug-likeness (QED) is 0.0866. The number of aliphatic hydroxyl groups excluding tert-OH is 1. The Hall–Kier alpha value is -3.35. The molecule has 2 rings (SSSR count). The molecule has 9 N–H and O–H groups in total. The van der Waals surface area contributed by atoms with Crippen molar-refractivity contribution in [2.45, 2.75) is 49.5 Å². The van der Waals surface area contributed by atoms with E-state index in [1.807, 2.05) is 5.32 Å². The Morgan fingerprint density at radius 3 is 2.38 bits per heavy atom. The van der Waals surface area contributed by atoms with Gasteiger partial charge in [-0.3, -0.25) is 24.0 Å². The van der Waals surface area contributed by atoms with E-state index in [0.717, 1.165) is 0 Å². The van der Waals surface area contributed by atoms with Gasteiger partial charge >= 0.3 is 5.97 Å². The summed E-state index contributed by atoms with van der Waals surface area (Å²) in [5.74, 6) is -4.89. The number of aliphatic hydroxyl groups is 1. The number of H-pyrrole nitrogens is 1. The molecular weight excluding hydrogens is 568 g/mol. The fraction of sp³-hybridized carbons (Fsp3) is 0.591. The molecule has 1 aliphatic heterocycles. The summed E-state index contributed by atoms with van der Waals surface area (Å²) in [6, 6.07) is -5.66. The van der Waals surface area contributed by atoms with Crippen molar-refractivity contribution in [3.63, 3.8) is 0 Å². The molecule has 5 atom stereocenters. The fourth-order valence-corrected chi connectivity index (χ4v) is 4.29. The maximum absolute atomic E-state index is 13.1. The van der Waals surface area contributed by atoms with Gasteiger partial charge in [-0.05, 0) is 12.8 Å². The van der Waals surface area contributed by atoms with Crippen LogP contribution in [0.5, 0.6) is 0 Å². The molecule has 0 bridgehead atoms. The summed E-state index contributed by atoms with van der Waals surface area (Å²) in [5, 5.41) is 27.4. The molecule has 0 unspecified atom stereocenters. The van der Waals surface area contributed by atoms with Crippen LogP contribution in [-0.4, -0.2) is 122 Å². The number of nitrogens with one attached hydrogen (secondary N) is 5. The number of aliphatic carboxylic acids is 1. The molecule has 1 aromatic rings. The first-order valence-corrected chi connectivity index (χ1v) is 13.5. The number of thiol groups is 2. The number of nitrogens with two attached hydrogens (primary N) is 1. The van der Waals surface area contributed by atoms with Gasteiger partial charge in [0.15, 0.2) is 0 Å². The Kier molecular flexibility index (Phi) is 13.2. The van der Waals surface area contributed by atoms with E-state index >= 15 is 0 Å². The number of carbonyl (C=O) groups excluding carboxylic acids is 5. The van der Waals surface area contributed by atoms with Crippen LogP contribution in [0.2, 0.25) is 0 Å². The van der Waals surface area contributed by atoms with Crippen LogP contribution in [0, 0.1) is 0 Å². The van der Waals surface area contributed by atoms with Gasteiger partial charge in [0.2, 0.25) is 29.5 Å². The summed E-state index contributed by atoms with van der Waals surface area (Å²) in [6.07, 6.45) is 3.69. The highest BCUT2D eigenvalue weighted by Crippen LogP contribution is 2.19. The standard InChI is InChI=1S/C22H34N8O8S2/c23-12(8-39)21(36)30-3-1-2-16(30)20(35)29-15(9-40)19(34)28-13(4-11-5-24-10-26-11)18(33)25-6-17(32)27-14(7-31)22(37)38/h5,10,12-16,31,39-40H,1-4,6-9,23H2,(H,24,26)(H,25,33)(H,27,32)(H,28,34)(H,29,35)(H,37,38)/t12-,13-,14-,15-,16-/m0/s1. The van der Waals surface area contributed by atoms with Crippen LogP contribution < -0.4 is 27.0 Å². The second-order valence-corrected chi connectivity index (χ2v) is 9.65. The van der Waals surface area contributed by atoms with Gasteiger partial charge in [-0.15, -0.1) is 0 Å². The lowest BCUT2D eigenvalue weighted by molar-refractivity contribution is -0.143. The van der Waals surface area contributed by atoms with E-state index in [1.165, 1.54) is 17.4 Å². The van der Waals surface area contributed by atoms with Gasteiger partial charge in [-0.1, -0.05) is 0 Å². The van der Waals surface area contributed by atoms with Crippen LogP contribution >= 0.6 is 25.3 Å². The molecule has 0 saturated carbocycles. The number of hydrogen-bond donors (Lipinski definition) is 10. The second kappa shape index (κ2) is 16.0. The molecule has 40 heavy (non-hydrogen) atoms. The number of likely N-dealkylation sites (tertiary alicyclic amines) is 1. The van der Waals surface area contributed by atoms with Crippen molar-refractivity contribution in [2.75, 3.05) is 31.2 Å². The van der Waals surface area contributed by atoms with E-state index in [0.29, 0.717) is 25.1 Å².